The number of alkyl halides is 1. The summed E-state index contributed by atoms with van der Waals surface area (Å²) in [6.07, 6.45) is -0.382. The van der Waals surface area contributed by atoms with Crippen LogP contribution in [0.4, 0.5) is 0 Å². The molecule has 0 amide bonds. The van der Waals surface area contributed by atoms with Crippen LogP contribution in [0.1, 0.15) is 6.92 Å². The molecule has 0 aromatic rings. The van der Waals surface area contributed by atoms with E-state index in [0.717, 1.165) is 19.6 Å². The summed E-state index contributed by atoms with van der Waals surface area (Å²) in [7, 11) is 2.13. The van der Waals surface area contributed by atoms with E-state index in [0.29, 0.717) is 18.5 Å². The third-order valence-electron chi connectivity index (χ3n) is 2.59. The van der Waals surface area contributed by atoms with Gasteiger partial charge in [0.25, 0.3) is 0 Å². The molecular weight excluding hydrogens is 188 g/mol. The Morgan fingerprint density at radius 1 is 1.54 bits per heavy atom. The summed E-state index contributed by atoms with van der Waals surface area (Å²) in [5, 5.41) is 9.41. The minimum Gasteiger partial charge on any atom is -0.391 e. The van der Waals surface area contributed by atoms with E-state index in [1.807, 2.05) is 0 Å². The van der Waals surface area contributed by atoms with Gasteiger partial charge in [0.15, 0.2) is 0 Å². The summed E-state index contributed by atoms with van der Waals surface area (Å²) in [6, 6.07) is 0.525. The molecule has 1 aliphatic rings. The number of rotatable bonds is 3. The zero-order valence-corrected chi connectivity index (χ0v) is 9.17. The van der Waals surface area contributed by atoms with Crippen LogP contribution in [0, 0.1) is 0 Å². The van der Waals surface area contributed by atoms with Crippen molar-refractivity contribution in [2.24, 2.45) is 0 Å². The lowest BCUT2D eigenvalue weighted by Gasteiger charge is -2.38. The number of β-amino-alcohol motifs (C(OH)–C–C–N with tert-alkyl or cyclic N) is 1. The van der Waals surface area contributed by atoms with Crippen LogP contribution in [0.2, 0.25) is 0 Å². The summed E-state index contributed by atoms with van der Waals surface area (Å²) >= 11 is 5.56. The van der Waals surface area contributed by atoms with Gasteiger partial charge in [0.1, 0.15) is 0 Å². The third kappa shape index (κ3) is 3.43. The van der Waals surface area contributed by atoms with Crippen LogP contribution in [-0.2, 0) is 0 Å². The molecule has 0 aromatic carbocycles. The van der Waals surface area contributed by atoms with E-state index in [2.05, 4.69) is 23.8 Å². The first-order valence-electron chi connectivity index (χ1n) is 4.80. The van der Waals surface area contributed by atoms with Crippen molar-refractivity contribution < 1.29 is 5.11 Å². The highest BCUT2D eigenvalue weighted by Crippen LogP contribution is 2.08. The van der Waals surface area contributed by atoms with Crippen LogP contribution < -0.4 is 0 Å². The fourth-order valence-electron chi connectivity index (χ4n) is 1.77. The summed E-state index contributed by atoms with van der Waals surface area (Å²) < 4.78 is 0. The molecular formula is C9H19ClN2O. The molecule has 2 atom stereocenters. The standard InChI is InChI=1S/C9H19ClN2O/c1-8-6-11(2)3-4-12(8)7-9(13)5-10/h8-9,13H,3-7H2,1-2H3. The van der Waals surface area contributed by atoms with Crippen molar-refractivity contribution in [3.05, 3.63) is 0 Å². The maximum atomic E-state index is 9.41. The Morgan fingerprint density at radius 3 is 2.77 bits per heavy atom. The lowest BCUT2D eigenvalue weighted by Crippen LogP contribution is -2.52. The quantitative estimate of drug-likeness (QED) is 0.670. The summed E-state index contributed by atoms with van der Waals surface area (Å²) in [5.41, 5.74) is 0. The second kappa shape index (κ2) is 5.15. The summed E-state index contributed by atoms with van der Waals surface area (Å²) in [5.74, 6) is 0.332. The third-order valence-corrected chi connectivity index (χ3v) is 2.95. The van der Waals surface area contributed by atoms with Gasteiger partial charge < -0.3 is 10.0 Å². The van der Waals surface area contributed by atoms with Gasteiger partial charge in [-0.1, -0.05) is 0 Å². The van der Waals surface area contributed by atoms with Crippen molar-refractivity contribution in [3.63, 3.8) is 0 Å². The number of piperazine rings is 1. The van der Waals surface area contributed by atoms with Gasteiger partial charge in [-0.05, 0) is 14.0 Å². The van der Waals surface area contributed by atoms with E-state index < -0.39 is 0 Å². The van der Waals surface area contributed by atoms with Crippen LogP contribution in [0.15, 0.2) is 0 Å². The molecule has 1 saturated heterocycles. The Labute approximate surface area is 85.3 Å². The molecule has 4 heteroatoms. The normalized spacial score (nSPS) is 29.1. The molecule has 13 heavy (non-hydrogen) atoms. The molecule has 1 rings (SSSR count). The van der Waals surface area contributed by atoms with E-state index in [4.69, 9.17) is 11.6 Å². The van der Waals surface area contributed by atoms with Gasteiger partial charge in [-0.25, -0.2) is 0 Å². The van der Waals surface area contributed by atoms with Gasteiger partial charge in [0.2, 0.25) is 0 Å². The Morgan fingerprint density at radius 2 is 2.23 bits per heavy atom. The summed E-state index contributed by atoms with van der Waals surface area (Å²) in [6.45, 7) is 6.09. The van der Waals surface area contributed by atoms with Crippen molar-refractivity contribution in [1.82, 2.24) is 9.80 Å². The first-order valence-corrected chi connectivity index (χ1v) is 5.33. The van der Waals surface area contributed by atoms with Gasteiger partial charge >= 0.3 is 0 Å². The number of likely N-dealkylation sites (N-methyl/N-ethyl adjacent to an activating group) is 1. The smallest absolute Gasteiger partial charge is 0.0802 e. The van der Waals surface area contributed by atoms with Crippen molar-refractivity contribution in [2.75, 3.05) is 39.1 Å². The minimum absolute atomic E-state index is 0.332. The number of halogens is 1. The molecule has 78 valence electrons. The largest absolute Gasteiger partial charge is 0.391 e. The second-order valence-corrected chi connectivity index (χ2v) is 4.22. The number of hydrogen-bond donors (Lipinski definition) is 1. The topological polar surface area (TPSA) is 26.7 Å². The van der Waals surface area contributed by atoms with Crippen LogP contribution in [0.3, 0.4) is 0 Å². The Hall–Kier alpha value is 0.170. The maximum absolute atomic E-state index is 9.41. The van der Waals surface area contributed by atoms with Crippen LogP contribution in [-0.4, -0.2) is 66.2 Å². The molecule has 0 aliphatic carbocycles. The number of hydrogen-bond acceptors (Lipinski definition) is 3. The average molecular weight is 207 g/mol. The molecule has 1 fully saturated rings. The summed E-state index contributed by atoms with van der Waals surface area (Å²) in [4.78, 5) is 4.61. The Kier molecular flexibility index (Phi) is 4.46. The van der Waals surface area contributed by atoms with Crippen molar-refractivity contribution in [3.8, 4) is 0 Å². The molecule has 1 N–H and O–H groups in total. The van der Waals surface area contributed by atoms with Crippen LogP contribution >= 0.6 is 11.6 Å². The molecule has 0 aromatic heterocycles. The Bertz CT molecular complexity index is 157. The number of nitrogens with zero attached hydrogens (tertiary/aromatic N) is 2. The SMILES string of the molecule is CC1CN(C)CCN1CC(O)CCl. The Balaban J connectivity index is 2.33. The van der Waals surface area contributed by atoms with E-state index in [-0.39, 0.29) is 6.10 Å². The molecule has 0 radical (unpaired) electrons. The zero-order valence-electron chi connectivity index (χ0n) is 8.41. The highest BCUT2D eigenvalue weighted by molar-refractivity contribution is 6.18. The number of aliphatic hydroxyl groups is 1. The van der Waals surface area contributed by atoms with Gasteiger partial charge in [0, 0.05) is 38.1 Å². The van der Waals surface area contributed by atoms with E-state index in [9.17, 15) is 5.11 Å². The van der Waals surface area contributed by atoms with Crippen molar-refractivity contribution >= 4 is 11.6 Å². The lowest BCUT2D eigenvalue weighted by atomic mass is 10.2. The van der Waals surface area contributed by atoms with E-state index in [1.165, 1.54) is 0 Å². The highest BCUT2D eigenvalue weighted by atomic mass is 35.5. The molecule has 2 unspecified atom stereocenters. The molecule has 1 aliphatic heterocycles. The molecule has 1 heterocycles. The van der Waals surface area contributed by atoms with E-state index in [1.54, 1.807) is 0 Å². The molecule has 0 spiro atoms. The first kappa shape index (κ1) is 11.2. The van der Waals surface area contributed by atoms with Gasteiger partial charge in [-0.15, -0.1) is 11.6 Å². The van der Waals surface area contributed by atoms with Crippen molar-refractivity contribution in [2.45, 2.75) is 19.1 Å². The predicted molar refractivity (Wildman–Crippen MR) is 55.3 cm³/mol. The van der Waals surface area contributed by atoms with Crippen LogP contribution in [0.25, 0.3) is 0 Å². The molecule has 0 bridgehead atoms. The predicted octanol–water partition coefficient (Wildman–Crippen LogP) is 0.222. The van der Waals surface area contributed by atoms with Gasteiger partial charge in [-0.2, -0.15) is 0 Å². The maximum Gasteiger partial charge on any atom is 0.0802 e. The molecule has 3 nitrogen and oxygen atoms in total. The molecule has 0 saturated carbocycles. The zero-order chi connectivity index (χ0) is 9.84. The first-order chi connectivity index (χ1) is 6.13. The fraction of sp³-hybridized carbons (Fsp3) is 1.00. The van der Waals surface area contributed by atoms with Gasteiger partial charge in [-0.3, -0.25) is 4.90 Å². The van der Waals surface area contributed by atoms with Gasteiger partial charge in [0.05, 0.1) is 6.10 Å². The van der Waals surface area contributed by atoms with Crippen LogP contribution in [0.5, 0.6) is 0 Å². The fourth-order valence-corrected chi connectivity index (χ4v) is 1.87. The number of aliphatic hydroxyl groups excluding tert-OH is 1. The monoisotopic (exact) mass is 206 g/mol. The minimum atomic E-state index is -0.382. The highest BCUT2D eigenvalue weighted by Gasteiger charge is 2.22. The average Bonchev–Trinajstić information content (AvgIpc) is 2.09. The lowest BCUT2D eigenvalue weighted by molar-refractivity contribution is 0.0557. The van der Waals surface area contributed by atoms with E-state index >= 15 is 0 Å². The second-order valence-electron chi connectivity index (χ2n) is 3.91. The van der Waals surface area contributed by atoms with Crippen molar-refractivity contribution in [1.29, 1.82) is 0 Å².